The molecule has 1 saturated heterocycles. The molecule has 33 heavy (non-hydrogen) atoms. The molecule has 0 atom stereocenters. The fraction of sp³-hybridized carbons (Fsp3) is 0.240. The number of nitrogens with zero attached hydrogens (tertiary/aromatic N) is 3. The Kier molecular flexibility index (Phi) is 7.47. The Bertz CT molecular complexity index is 1090. The summed E-state index contributed by atoms with van der Waals surface area (Å²) >= 11 is 12.4. The van der Waals surface area contributed by atoms with E-state index in [2.05, 4.69) is 15.2 Å². The van der Waals surface area contributed by atoms with Gasteiger partial charge in [0.05, 0.1) is 6.42 Å². The van der Waals surface area contributed by atoms with E-state index in [0.717, 1.165) is 24.3 Å². The molecule has 0 bridgehead atoms. The van der Waals surface area contributed by atoms with Crippen molar-refractivity contribution in [2.24, 2.45) is 0 Å². The van der Waals surface area contributed by atoms with Gasteiger partial charge in [0.25, 0.3) is 5.91 Å². The second-order valence-corrected chi connectivity index (χ2v) is 8.64. The largest absolute Gasteiger partial charge is 0.368 e. The highest BCUT2D eigenvalue weighted by Gasteiger charge is 2.23. The van der Waals surface area contributed by atoms with Crippen molar-refractivity contribution in [3.05, 3.63) is 93.7 Å². The van der Waals surface area contributed by atoms with Gasteiger partial charge in [-0.1, -0.05) is 29.3 Å². The van der Waals surface area contributed by atoms with Crippen molar-refractivity contribution in [2.45, 2.75) is 13.0 Å². The van der Waals surface area contributed by atoms with Crippen molar-refractivity contribution < 1.29 is 9.59 Å². The zero-order valence-electron chi connectivity index (χ0n) is 18.0. The molecule has 1 aromatic heterocycles. The Morgan fingerprint density at radius 1 is 0.879 bits per heavy atom. The van der Waals surface area contributed by atoms with E-state index in [0.29, 0.717) is 40.8 Å². The monoisotopic (exact) mass is 482 g/mol. The fourth-order valence-corrected chi connectivity index (χ4v) is 4.32. The van der Waals surface area contributed by atoms with Gasteiger partial charge in [0.15, 0.2) is 0 Å². The van der Waals surface area contributed by atoms with Gasteiger partial charge in [-0.2, -0.15) is 0 Å². The van der Waals surface area contributed by atoms with Crippen LogP contribution in [0.2, 0.25) is 10.0 Å². The standard InChI is InChI=1S/C25H24Cl2N4O2/c26-22-2-1-3-23(27)21(22)16-24(32)31-14-12-30(13-15-31)20-6-4-19(5-7-20)25(33)29-17-18-8-10-28-11-9-18/h1-11H,12-17H2,(H,29,33). The van der Waals surface area contributed by atoms with Crippen LogP contribution in [-0.4, -0.2) is 47.9 Å². The average molecular weight is 483 g/mol. The number of carbonyl (C=O) groups excluding carboxylic acids is 2. The summed E-state index contributed by atoms with van der Waals surface area (Å²) in [7, 11) is 0. The number of carbonyl (C=O) groups is 2. The molecule has 170 valence electrons. The Balaban J connectivity index is 1.29. The summed E-state index contributed by atoms with van der Waals surface area (Å²) in [6.07, 6.45) is 3.60. The average Bonchev–Trinajstić information content (AvgIpc) is 2.85. The fourth-order valence-electron chi connectivity index (χ4n) is 3.79. The van der Waals surface area contributed by atoms with Gasteiger partial charge in [-0.3, -0.25) is 14.6 Å². The lowest BCUT2D eigenvalue weighted by molar-refractivity contribution is -0.130. The van der Waals surface area contributed by atoms with E-state index in [1.54, 1.807) is 30.6 Å². The maximum atomic E-state index is 12.7. The molecule has 0 unspecified atom stereocenters. The normalized spacial score (nSPS) is 13.6. The molecular weight excluding hydrogens is 459 g/mol. The van der Waals surface area contributed by atoms with E-state index in [1.165, 1.54) is 0 Å². The van der Waals surface area contributed by atoms with Crippen LogP contribution >= 0.6 is 23.2 Å². The topological polar surface area (TPSA) is 65.5 Å². The number of benzene rings is 2. The Labute approximate surface area is 203 Å². The lowest BCUT2D eigenvalue weighted by atomic mass is 10.1. The molecule has 0 saturated carbocycles. The summed E-state index contributed by atoms with van der Waals surface area (Å²) in [5.41, 5.74) is 3.31. The maximum Gasteiger partial charge on any atom is 0.251 e. The van der Waals surface area contributed by atoms with Gasteiger partial charge < -0.3 is 15.1 Å². The van der Waals surface area contributed by atoms with Gasteiger partial charge in [-0.25, -0.2) is 0 Å². The van der Waals surface area contributed by atoms with Crippen LogP contribution in [0.15, 0.2) is 67.0 Å². The van der Waals surface area contributed by atoms with Crippen molar-refractivity contribution in [3.8, 4) is 0 Å². The van der Waals surface area contributed by atoms with Crippen LogP contribution in [0.1, 0.15) is 21.5 Å². The highest BCUT2D eigenvalue weighted by Crippen LogP contribution is 2.25. The second kappa shape index (κ2) is 10.7. The molecule has 1 fully saturated rings. The van der Waals surface area contributed by atoms with Gasteiger partial charge >= 0.3 is 0 Å². The number of hydrogen-bond donors (Lipinski definition) is 1. The molecule has 0 spiro atoms. The molecule has 4 rings (SSSR count). The highest BCUT2D eigenvalue weighted by molar-refractivity contribution is 6.36. The number of hydrogen-bond acceptors (Lipinski definition) is 4. The van der Waals surface area contributed by atoms with Gasteiger partial charge in [-0.15, -0.1) is 0 Å². The molecule has 2 heterocycles. The van der Waals surface area contributed by atoms with E-state index >= 15 is 0 Å². The molecular formula is C25H24Cl2N4O2. The smallest absolute Gasteiger partial charge is 0.251 e. The Morgan fingerprint density at radius 3 is 2.15 bits per heavy atom. The molecule has 0 radical (unpaired) electrons. The number of nitrogens with one attached hydrogen (secondary N) is 1. The molecule has 1 N–H and O–H groups in total. The van der Waals surface area contributed by atoms with Crippen molar-refractivity contribution in [1.29, 1.82) is 0 Å². The lowest BCUT2D eigenvalue weighted by Gasteiger charge is -2.36. The van der Waals surface area contributed by atoms with Crippen molar-refractivity contribution in [3.63, 3.8) is 0 Å². The Morgan fingerprint density at radius 2 is 1.52 bits per heavy atom. The van der Waals surface area contributed by atoms with Gasteiger partial charge in [-0.05, 0) is 59.7 Å². The first-order valence-electron chi connectivity index (χ1n) is 10.7. The van der Waals surface area contributed by atoms with E-state index < -0.39 is 0 Å². The van der Waals surface area contributed by atoms with E-state index in [4.69, 9.17) is 23.2 Å². The molecule has 0 aliphatic carbocycles. The van der Waals surface area contributed by atoms with Gasteiger partial charge in [0.1, 0.15) is 0 Å². The number of rotatable bonds is 6. The van der Waals surface area contributed by atoms with E-state index in [1.807, 2.05) is 41.3 Å². The molecule has 1 aliphatic heterocycles. The summed E-state index contributed by atoms with van der Waals surface area (Å²) in [6.45, 7) is 3.13. The minimum Gasteiger partial charge on any atom is -0.368 e. The summed E-state index contributed by atoms with van der Waals surface area (Å²) < 4.78 is 0. The first kappa shape index (κ1) is 23.1. The Hall–Kier alpha value is -3.09. The number of aromatic nitrogens is 1. The van der Waals surface area contributed by atoms with Crippen LogP contribution in [0.4, 0.5) is 5.69 Å². The summed E-state index contributed by atoms with van der Waals surface area (Å²) in [4.78, 5) is 33.2. The molecule has 3 aromatic rings. The first-order chi connectivity index (χ1) is 16.0. The molecule has 1 aliphatic rings. The van der Waals surface area contributed by atoms with Gasteiger partial charge in [0.2, 0.25) is 5.91 Å². The third-order valence-electron chi connectivity index (χ3n) is 5.72. The number of anilines is 1. The van der Waals surface area contributed by atoms with Crippen LogP contribution in [0.25, 0.3) is 0 Å². The SMILES string of the molecule is O=C(NCc1ccncc1)c1ccc(N2CCN(C(=O)Cc3c(Cl)cccc3Cl)CC2)cc1. The number of pyridine rings is 1. The maximum absolute atomic E-state index is 12.7. The highest BCUT2D eigenvalue weighted by atomic mass is 35.5. The first-order valence-corrected chi connectivity index (χ1v) is 11.5. The van der Waals surface area contributed by atoms with E-state index in [9.17, 15) is 9.59 Å². The van der Waals surface area contributed by atoms with Crippen molar-refractivity contribution in [1.82, 2.24) is 15.2 Å². The zero-order chi connectivity index (χ0) is 23.2. The van der Waals surface area contributed by atoms with Crippen LogP contribution in [0.3, 0.4) is 0 Å². The molecule has 6 nitrogen and oxygen atoms in total. The third-order valence-corrected chi connectivity index (χ3v) is 6.43. The van der Waals surface area contributed by atoms with Crippen LogP contribution in [-0.2, 0) is 17.8 Å². The summed E-state index contributed by atoms with van der Waals surface area (Å²) in [5.74, 6) is -0.0992. The third kappa shape index (κ3) is 5.83. The molecule has 2 amide bonds. The minimum atomic E-state index is -0.119. The van der Waals surface area contributed by atoms with Crippen LogP contribution < -0.4 is 10.2 Å². The number of amides is 2. The van der Waals surface area contributed by atoms with Crippen LogP contribution in [0, 0.1) is 0 Å². The predicted molar refractivity (Wildman–Crippen MR) is 131 cm³/mol. The summed E-state index contributed by atoms with van der Waals surface area (Å²) in [6, 6.07) is 16.6. The second-order valence-electron chi connectivity index (χ2n) is 7.83. The van der Waals surface area contributed by atoms with Gasteiger partial charge in [0, 0.05) is 66.4 Å². The quantitative estimate of drug-likeness (QED) is 0.571. The predicted octanol–water partition coefficient (Wildman–Crippen LogP) is 4.21. The zero-order valence-corrected chi connectivity index (χ0v) is 19.5. The number of piperazine rings is 1. The molecule has 2 aromatic carbocycles. The summed E-state index contributed by atoms with van der Waals surface area (Å²) in [5, 5.41) is 3.94. The molecule has 8 heteroatoms. The lowest BCUT2D eigenvalue weighted by Crippen LogP contribution is -2.49. The van der Waals surface area contributed by atoms with Crippen molar-refractivity contribution in [2.75, 3.05) is 31.1 Å². The minimum absolute atomic E-state index is 0.0193. The number of halogens is 2. The van der Waals surface area contributed by atoms with Crippen LogP contribution in [0.5, 0.6) is 0 Å². The van der Waals surface area contributed by atoms with Crippen molar-refractivity contribution >= 4 is 40.7 Å². The van der Waals surface area contributed by atoms with E-state index in [-0.39, 0.29) is 18.2 Å².